The molecule has 2 unspecified atom stereocenters. The Hall–Kier alpha value is 0.0300. The summed E-state index contributed by atoms with van der Waals surface area (Å²) in [6.45, 7) is 1.96. The zero-order valence-electron chi connectivity index (χ0n) is 7.36. The van der Waals surface area contributed by atoms with Crippen LogP contribution in [0.3, 0.4) is 0 Å². The van der Waals surface area contributed by atoms with Gasteiger partial charge in [-0.05, 0) is 20.5 Å². The summed E-state index contributed by atoms with van der Waals surface area (Å²) >= 11 is -1.62. The Bertz CT molecular complexity index is 129. The highest BCUT2D eigenvalue weighted by molar-refractivity contribution is 7.75. The van der Waals surface area contributed by atoms with Gasteiger partial charge in [0.15, 0.2) is 0 Å². The largest absolute Gasteiger partial charge is 0.305 e. The first-order chi connectivity index (χ1) is 5.11. The zero-order valence-corrected chi connectivity index (χ0v) is 8.18. The third-order valence-corrected chi connectivity index (χ3v) is 1.90. The van der Waals surface area contributed by atoms with Crippen LogP contribution in [0.4, 0.5) is 0 Å². The molecule has 0 aliphatic heterocycles. The molecule has 0 fully saturated rings. The zero-order chi connectivity index (χ0) is 8.85. The van der Waals surface area contributed by atoms with E-state index in [4.69, 9.17) is 4.18 Å². The van der Waals surface area contributed by atoms with Crippen molar-refractivity contribution in [1.82, 2.24) is 4.90 Å². The summed E-state index contributed by atoms with van der Waals surface area (Å²) in [7, 11) is 5.07. The van der Waals surface area contributed by atoms with E-state index in [9.17, 15) is 4.21 Å². The van der Waals surface area contributed by atoms with Gasteiger partial charge >= 0.3 is 11.4 Å². The number of nitrogens with zero attached hydrogens (tertiary/aromatic N) is 1. The highest BCUT2D eigenvalue weighted by Crippen LogP contribution is 2.03. The molecule has 0 aliphatic rings. The van der Waals surface area contributed by atoms with Gasteiger partial charge in [0.1, 0.15) is 6.23 Å². The van der Waals surface area contributed by atoms with Crippen LogP contribution in [-0.4, -0.2) is 36.5 Å². The second-order valence-electron chi connectivity index (χ2n) is 2.29. The molecule has 2 atom stereocenters. The van der Waals surface area contributed by atoms with E-state index in [0.717, 1.165) is 6.42 Å². The van der Waals surface area contributed by atoms with Crippen molar-refractivity contribution in [3.05, 3.63) is 0 Å². The number of hydrogen-bond donors (Lipinski definition) is 0. The van der Waals surface area contributed by atoms with Crippen molar-refractivity contribution in [2.75, 3.05) is 21.2 Å². The topological polar surface area (TPSA) is 38.8 Å². The van der Waals surface area contributed by atoms with Crippen molar-refractivity contribution < 1.29 is 12.6 Å². The lowest BCUT2D eigenvalue weighted by Gasteiger charge is -2.20. The Kier molecular flexibility index (Phi) is 5.67. The molecule has 4 nitrogen and oxygen atoms in total. The third-order valence-electron chi connectivity index (χ3n) is 1.25. The Balaban J connectivity index is 3.78. The molecule has 0 N–H and O–H groups in total. The summed E-state index contributed by atoms with van der Waals surface area (Å²) in [5.41, 5.74) is 0. The predicted molar refractivity (Wildman–Crippen MR) is 44.0 cm³/mol. The summed E-state index contributed by atoms with van der Waals surface area (Å²) in [6.07, 6.45) is 0.637. The van der Waals surface area contributed by atoms with E-state index in [-0.39, 0.29) is 6.23 Å². The molecule has 0 saturated carbocycles. The maximum absolute atomic E-state index is 10.7. The van der Waals surface area contributed by atoms with Crippen molar-refractivity contribution in [2.45, 2.75) is 19.6 Å². The lowest BCUT2D eigenvalue weighted by atomic mass is 10.4. The fourth-order valence-corrected chi connectivity index (χ4v) is 1.22. The summed E-state index contributed by atoms with van der Waals surface area (Å²) in [5, 5.41) is 0. The van der Waals surface area contributed by atoms with Gasteiger partial charge in [-0.1, -0.05) is 6.92 Å². The smallest absolute Gasteiger partial charge is 0.283 e. The van der Waals surface area contributed by atoms with E-state index in [1.165, 1.54) is 7.11 Å². The fraction of sp³-hybridized carbons (Fsp3) is 1.00. The van der Waals surface area contributed by atoms with Crippen molar-refractivity contribution in [2.24, 2.45) is 0 Å². The molecule has 0 saturated heterocycles. The van der Waals surface area contributed by atoms with Crippen molar-refractivity contribution >= 4 is 11.4 Å². The fourth-order valence-electron chi connectivity index (χ4n) is 0.649. The summed E-state index contributed by atoms with van der Waals surface area (Å²) < 4.78 is 20.2. The molecule has 11 heavy (non-hydrogen) atoms. The first-order valence-electron chi connectivity index (χ1n) is 3.41. The first kappa shape index (κ1) is 11.0. The van der Waals surface area contributed by atoms with Gasteiger partial charge in [-0.2, -0.15) is 4.21 Å². The maximum Gasteiger partial charge on any atom is 0.305 e. The Morgan fingerprint density at radius 2 is 2.09 bits per heavy atom. The van der Waals surface area contributed by atoms with E-state index >= 15 is 0 Å². The average Bonchev–Trinajstić information content (AvgIpc) is 1.99. The molecule has 0 bridgehead atoms. The molecular weight excluding hydrogens is 166 g/mol. The quantitative estimate of drug-likeness (QED) is 0.580. The van der Waals surface area contributed by atoms with E-state index in [2.05, 4.69) is 4.18 Å². The van der Waals surface area contributed by atoms with Gasteiger partial charge in [-0.15, -0.1) is 0 Å². The Morgan fingerprint density at radius 1 is 1.55 bits per heavy atom. The monoisotopic (exact) mass is 181 g/mol. The maximum atomic E-state index is 10.7. The molecule has 68 valence electrons. The van der Waals surface area contributed by atoms with Crippen LogP contribution >= 0.6 is 0 Å². The molecule has 0 heterocycles. The van der Waals surface area contributed by atoms with E-state index in [1.807, 2.05) is 25.9 Å². The minimum absolute atomic E-state index is 0.143. The summed E-state index contributed by atoms with van der Waals surface area (Å²) in [6, 6.07) is 0. The molecule has 0 aromatic heterocycles. The number of hydrogen-bond acceptors (Lipinski definition) is 4. The van der Waals surface area contributed by atoms with E-state index in [1.54, 1.807) is 0 Å². The number of rotatable bonds is 5. The lowest BCUT2D eigenvalue weighted by molar-refractivity contribution is 0.0627. The van der Waals surface area contributed by atoms with Crippen LogP contribution in [0.5, 0.6) is 0 Å². The average molecular weight is 181 g/mol. The predicted octanol–water partition coefficient (Wildman–Crippen LogP) is 0.526. The Morgan fingerprint density at radius 3 is 2.36 bits per heavy atom. The molecule has 0 aliphatic carbocycles. The third kappa shape index (κ3) is 4.47. The molecule has 0 radical (unpaired) electrons. The standard InChI is InChI=1S/C6H15NO3S/c1-5-6(7(2)3)10-11(8)9-4/h6H,5H2,1-4H3. The van der Waals surface area contributed by atoms with Gasteiger partial charge in [0, 0.05) is 0 Å². The van der Waals surface area contributed by atoms with Crippen LogP contribution in [0.2, 0.25) is 0 Å². The van der Waals surface area contributed by atoms with Crippen molar-refractivity contribution in [3.8, 4) is 0 Å². The van der Waals surface area contributed by atoms with Crippen LogP contribution in [0.15, 0.2) is 0 Å². The van der Waals surface area contributed by atoms with Gasteiger partial charge < -0.3 is 0 Å². The van der Waals surface area contributed by atoms with Crippen molar-refractivity contribution in [3.63, 3.8) is 0 Å². The molecule has 5 heteroatoms. The van der Waals surface area contributed by atoms with Gasteiger partial charge in [-0.3, -0.25) is 9.08 Å². The normalized spacial score (nSPS) is 16.8. The molecular formula is C6H15NO3S. The Labute approximate surface area is 70.3 Å². The van der Waals surface area contributed by atoms with Gasteiger partial charge in [0.05, 0.1) is 7.11 Å². The van der Waals surface area contributed by atoms with Gasteiger partial charge in [0.2, 0.25) is 0 Å². The lowest BCUT2D eigenvalue weighted by Crippen LogP contribution is -2.30. The highest BCUT2D eigenvalue weighted by Gasteiger charge is 2.12. The van der Waals surface area contributed by atoms with Crippen LogP contribution in [0.1, 0.15) is 13.3 Å². The second-order valence-corrected chi connectivity index (χ2v) is 3.23. The minimum atomic E-state index is -1.62. The van der Waals surface area contributed by atoms with Crippen LogP contribution in [0.25, 0.3) is 0 Å². The second kappa shape index (κ2) is 5.65. The van der Waals surface area contributed by atoms with Crippen LogP contribution in [-0.2, 0) is 19.7 Å². The molecule has 0 aromatic carbocycles. The summed E-state index contributed by atoms with van der Waals surface area (Å²) in [5.74, 6) is 0. The van der Waals surface area contributed by atoms with Crippen LogP contribution < -0.4 is 0 Å². The molecule has 0 spiro atoms. The van der Waals surface area contributed by atoms with Gasteiger partial charge in [0.25, 0.3) is 0 Å². The molecule has 0 aromatic rings. The van der Waals surface area contributed by atoms with Crippen molar-refractivity contribution in [1.29, 1.82) is 0 Å². The SMILES string of the molecule is CCC(OS(=O)OC)N(C)C. The van der Waals surface area contributed by atoms with E-state index < -0.39 is 11.4 Å². The summed E-state index contributed by atoms with van der Waals surface area (Å²) in [4.78, 5) is 1.84. The molecule has 0 rings (SSSR count). The highest BCUT2D eigenvalue weighted by atomic mass is 32.2. The van der Waals surface area contributed by atoms with Gasteiger partial charge in [-0.25, -0.2) is 4.18 Å². The molecule has 0 amide bonds. The van der Waals surface area contributed by atoms with Crippen LogP contribution in [0, 0.1) is 0 Å². The minimum Gasteiger partial charge on any atom is -0.283 e. The van der Waals surface area contributed by atoms with E-state index in [0.29, 0.717) is 0 Å². The first-order valence-corrected chi connectivity index (χ1v) is 4.41.